The molecule has 0 unspecified atom stereocenters. The minimum atomic E-state index is -0.586. The topological polar surface area (TPSA) is 101 Å². The van der Waals surface area contributed by atoms with E-state index in [4.69, 9.17) is 14.2 Å². The van der Waals surface area contributed by atoms with Crippen molar-refractivity contribution in [3.8, 4) is 0 Å². The van der Waals surface area contributed by atoms with Crippen LogP contribution in [-0.2, 0) is 19.0 Å². The van der Waals surface area contributed by atoms with Crippen molar-refractivity contribution in [1.82, 2.24) is 20.0 Å². The molecule has 10 nitrogen and oxygen atoms in total. The molecule has 10 heteroatoms. The molecule has 0 spiro atoms. The van der Waals surface area contributed by atoms with E-state index in [1.54, 1.807) is 9.80 Å². The molecule has 1 rings (SSSR count). The fourth-order valence-corrected chi connectivity index (χ4v) is 3.90. The molecule has 2 amide bonds. The van der Waals surface area contributed by atoms with Crippen molar-refractivity contribution in [3.63, 3.8) is 0 Å². The number of hydrogen-bond acceptors (Lipinski definition) is 8. The van der Waals surface area contributed by atoms with E-state index in [2.05, 4.69) is 10.2 Å². The van der Waals surface area contributed by atoms with Crippen molar-refractivity contribution >= 4 is 18.2 Å². The van der Waals surface area contributed by atoms with Gasteiger partial charge in [-0.3, -0.25) is 4.79 Å². The van der Waals surface area contributed by atoms with Gasteiger partial charge in [0.2, 0.25) is 0 Å². The average molecular weight is 529 g/mol. The van der Waals surface area contributed by atoms with E-state index >= 15 is 0 Å². The van der Waals surface area contributed by atoms with Crippen LogP contribution in [0, 0.1) is 0 Å². The van der Waals surface area contributed by atoms with Gasteiger partial charge in [-0.2, -0.15) is 0 Å². The lowest BCUT2D eigenvalue weighted by Gasteiger charge is -2.32. The Kier molecular flexibility index (Phi) is 14.9. The maximum absolute atomic E-state index is 13.0. The highest BCUT2D eigenvalue weighted by molar-refractivity contribution is 5.69. The molecule has 0 radical (unpaired) electrons. The monoisotopic (exact) mass is 528 g/mol. The standard InChI is InChI=1S/C27H52N4O6/c1-8-35-23(32)13-9-10-16-29-17-11-14-28-15-20-30(24(33)36-26(2,3)4)18-12-19-31(22-21-29)25(34)37-27(5,6)7/h28H,8-22H2,1-7H3. The first-order valence-corrected chi connectivity index (χ1v) is 13.9. The van der Waals surface area contributed by atoms with Crippen LogP contribution in [-0.4, -0.2) is 110 Å². The SMILES string of the molecule is CCOC(=O)CCCCN1CCCNCCN(C(=O)OC(C)(C)C)CCCN(C(=O)OC(C)(C)C)CC1. The number of esters is 1. The van der Waals surface area contributed by atoms with E-state index in [-0.39, 0.29) is 18.2 Å². The van der Waals surface area contributed by atoms with Crippen molar-refractivity contribution in [1.29, 1.82) is 0 Å². The Balaban J connectivity index is 2.83. The van der Waals surface area contributed by atoms with Crippen LogP contribution in [0.5, 0.6) is 0 Å². The highest BCUT2D eigenvalue weighted by Gasteiger charge is 2.25. The van der Waals surface area contributed by atoms with Gasteiger partial charge in [0.15, 0.2) is 0 Å². The molecule has 216 valence electrons. The Morgan fingerprint density at radius 3 is 1.89 bits per heavy atom. The van der Waals surface area contributed by atoms with E-state index in [1.165, 1.54) is 0 Å². The minimum absolute atomic E-state index is 0.149. The Morgan fingerprint density at radius 2 is 1.32 bits per heavy atom. The lowest BCUT2D eigenvalue weighted by Crippen LogP contribution is -2.45. The molecule has 37 heavy (non-hydrogen) atoms. The van der Waals surface area contributed by atoms with Gasteiger partial charge < -0.3 is 34.2 Å². The zero-order valence-corrected chi connectivity index (χ0v) is 24.4. The average Bonchev–Trinajstić information content (AvgIpc) is 2.76. The molecular formula is C27H52N4O6. The predicted octanol–water partition coefficient (Wildman–Crippen LogP) is 3.88. The van der Waals surface area contributed by atoms with Gasteiger partial charge >= 0.3 is 18.2 Å². The summed E-state index contributed by atoms with van der Waals surface area (Å²) in [6, 6.07) is 0. The number of rotatable bonds is 6. The lowest BCUT2D eigenvalue weighted by molar-refractivity contribution is -0.143. The van der Waals surface area contributed by atoms with Crippen molar-refractivity contribution in [2.24, 2.45) is 0 Å². The second-order valence-corrected chi connectivity index (χ2v) is 11.5. The predicted molar refractivity (Wildman–Crippen MR) is 145 cm³/mol. The lowest BCUT2D eigenvalue weighted by atomic mass is 10.2. The third-order valence-corrected chi connectivity index (χ3v) is 5.64. The fraction of sp³-hybridized carbons (Fsp3) is 0.889. The van der Waals surface area contributed by atoms with E-state index in [9.17, 15) is 14.4 Å². The second kappa shape index (κ2) is 16.7. The highest BCUT2D eigenvalue weighted by atomic mass is 16.6. The van der Waals surface area contributed by atoms with E-state index < -0.39 is 11.2 Å². The van der Waals surface area contributed by atoms with Gasteiger partial charge in [0, 0.05) is 45.7 Å². The van der Waals surface area contributed by atoms with Crippen molar-refractivity contribution in [2.45, 2.75) is 91.8 Å². The number of amides is 2. The number of carbonyl (C=O) groups excluding carboxylic acids is 3. The first-order valence-electron chi connectivity index (χ1n) is 13.9. The summed E-state index contributed by atoms with van der Waals surface area (Å²) in [7, 11) is 0. The summed E-state index contributed by atoms with van der Waals surface area (Å²) < 4.78 is 16.3. The summed E-state index contributed by atoms with van der Waals surface area (Å²) in [5, 5.41) is 3.43. The molecule has 1 N–H and O–H groups in total. The Bertz CT molecular complexity index is 689. The molecule has 0 saturated carbocycles. The highest BCUT2D eigenvalue weighted by Crippen LogP contribution is 2.13. The Morgan fingerprint density at radius 1 is 0.730 bits per heavy atom. The summed E-state index contributed by atoms with van der Waals surface area (Å²) in [6.45, 7) is 19.4. The molecule has 1 heterocycles. The van der Waals surface area contributed by atoms with Crippen molar-refractivity contribution < 1.29 is 28.6 Å². The zero-order chi connectivity index (χ0) is 27.9. The molecular weight excluding hydrogens is 476 g/mol. The summed E-state index contributed by atoms with van der Waals surface area (Å²) in [5.41, 5.74) is -1.15. The number of nitrogens with zero attached hydrogens (tertiary/aromatic N) is 3. The van der Waals surface area contributed by atoms with Crippen LogP contribution in [0.1, 0.15) is 80.6 Å². The third kappa shape index (κ3) is 16.4. The Hall–Kier alpha value is -2.07. The molecule has 0 atom stereocenters. The fourth-order valence-electron chi connectivity index (χ4n) is 3.90. The van der Waals surface area contributed by atoms with Crippen LogP contribution in [0.3, 0.4) is 0 Å². The van der Waals surface area contributed by atoms with Crippen LogP contribution in [0.4, 0.5) is 9.59 Å². The molecule has 0 bridgehead atoms. The van der Waals surface area contributed by atoms with Crippen LogP contribution >= 0.6 is 0 Å². The number of unbranched alkanes of at least 4 members (excludes halogenated alkanes) is 1. The van der Waals surface area contributed by atoms with Gasteiger partial charge in [-0.1, -0.05) is 0 Å². The first-order chi connectivity index (χ1) is 17.3. The maximum Gasteiger partial charge on any atom is 0.410 e. The second-order valence-electron chi connectivity index (χ2n) is 11.5. The van der Waals surface area contributed by atoms with Crippen LogP contribution in [0.25, 0.3) is 0 Å². The molecule has 0 aromatic heterocycles. The largest absolute Gasteiger partial charge is 0.466 e. The maximum atomic E-state index is 13.0. The number of nitrogens with one attached hydrogen (secondary N) is 1. The number of ether oxygens (including phenoxy) is 3. The van der Waals surface area contributed by atoms with Gasteiger partial charge in [0.1, 0.15) is 11.2 Å². The van der Waals surface area contributed by atoms with E-state index in [0.29, 0.717) is 58.7 Å². The molecule has 0 aliphatic carbocycles. The zero-order valence-electron chi connectivity index (χ0n) is 24.4. The molecule has 1 fully saturated rings. The van der Waals surface area contributed by atoms with Crippen LogP contribution < -0.4 is 5.32 Å². The normalized spacial score (nSPS) is 17.6. The molecule has 1 saturated heterocycles. The third-order valence-electron chi connectivity index (χ3n) is 5.64. The van der Waals surface area contributed by atoms with Gasteiger partial charge in [-0.15, -0.1) is 0 Å². The summed E-state index contributed by atoms with van der Waals surface area (Å²) >= 11 is 0. The molecule has 1 aliphatic rings. The first kappa shape index (κ1) is 33.0. The summed E-state index contributed by atoms with van der Waals surface area (Å²) in [4.78, 5) is 43.2. The van der Waals surface area contributed by atoms with Gasteiger partial charge in [-0.25, -0.2) is 9.59 Å². The molecule has 1 aliphatic heterocycles. The van der Waals surface area contributed by atoms with Crippen LogP contribution in [0.15, 0.2) is 0 Å². The molecule has 0 aromatic rings. The number of hydrogen-bond donors (Lipinski definition) is 1. The summed E-state index contributed by atoms with van der Waals surface area (Å²) in [5.74, 6) is -0.149. The van der Waals surface area contributed by atoms with E-state index in [0.717, 1.165) is 38.9 Å². The smallest absolute Gasteiger partial charge is 0.410 e. The van der Waals surface area contributed by atoms with Crippen molar-refractivity contribution in [2.75, 3.05) is 65.5 Å². The Labute approximate surface area is 224 Å². The quantitative estimate of drug-likeness (QED) is 0.315. The van der Waals surface area contributed by atoms with Crippen LogP contribution in [0.2, 0.25) is 0 Å². The van der Waals surface area contributed by atoms with Gasteiger partial charge in [-0.05, 0) is 93.8 Å². The van der Waals surface area contributed by atoms with E-state index in [1.807, 2.05) is 48.5 Å². The summed E-state index contributed by atoms with van der Waals surface area (Å²) in [6.07, 6.45) is 3.00. The van der Waals surface area contributed by atoms with Gasteiger partial charge in [0.25, 0.3) is 0 Å². The number of carbonyl (C=O) groups is 3. The molecule has 0 aromatic carbocycles. The van der Waals surface area contributed by atoms with Gasteiger partial charge in [0.05, 0.1) is 6.61 Å². The van der Waals surface area contributed by atoms with Crippen molar-refractivity contribution in [3.05, 3.63) is 0 Å². The minimum Gasteiger partial charge on any atom is -0.466 e.